The Hall–Kier alpha value is -3.31. The van der Waals surface area contributed by atoms with E-state index in [-0.39, 0.29) is 17.6 Å². The van der Waals surface area contributed by atoms with Crippen molar-refractivity contribution < 1.29 is 9.53 Å². The second kappa shape index (κ2) is 11.0. The number of amides is 1. The van der Waals surface area contributed by atoms with Gasteiger partial charge in [0, 0.05) is 12.1 Å². The standard InChI is InChI=1S/C25H29N5O2S/c1-5-32-21-13-11-20(12-14-21)30-22(15-19-9-7-6-8-10-19)28-29-24(30)33-16-23(31)27-25(4,17-26)18(2)3/h6-14,18H,5,15-16H2,1-4H3,(H,27,31). The molecular weight excluding hydrogens is 434 g/mol. The van der Waals surface area contributed by atoms with Crippen LogP contribution in [0, 0.1) is 17.2 Å². The average Bonchev–Trinajstić information content (AvgIpc) is 3.21. The van der Waals surface area contributed by atoms with Gasteiger partial charge in [-0.3, -0.25) is 9.36 Å². The van der Waals surface area contributed by atoms with E-state index >= 15 is 0 Å². The molecule has 8 heteroatoms. The number of thioether (sulfide) groups is 1. The van der Waals surface area contributed by atoms with Crippen molar-refractivity contribution in [3.63, 3.8) is 0 Å². The quantitative estimate of drug-likeness (QED) is 0.448. The molecule has 0 aliphatic rings. The van der Waals surface area contributed by atoms with E-state index in [9.17, 15) is 10.1 Å². The molecule has 7 nitrogen and oxygen atoms in total. The molecule has 0 saturated heterocycles. The molecule has 33 heavy (non-hydrogen) atoms. The summed E-state index contributed by atoms with van der Waals surface area (Å²) in [5, 5.41) is 21.7. The molecule has 0 radical (unpaired) electrons. The number of hydrogen-bond acceptors (Lipinski definition) is 6. The van der Waals surface area contributed by atoms with Crippen molar-refractivity contribution in [2.24, 2.45) is 5.92 Å². The van der Waals surface area contributed by atoms with Crippen LogP contribution in [0.1, 0.15) is 39.1 Å². The first-order valence-corrected chi connectivity index (χ1v) is 11.9. The maximum atomic E-state index is 12.6. The van der Waals surface area contributed by atoms with Crippen molar-refractivity contribution in [1.82, 2.24) is 20.1 Å². The lowest BCUT2D eigenvalue weighted by Crippen LogP contribution is -2.49. The minimum Gasteiger partial charge on any atom is -0.494 e. The predicted molar refractivity (Wildman–Crippen MR) is 129 cm³/mol. The smallest absolute Gasteiger partial charge is 0.231 e. The summed E-state index contributed by atoms with van der Waals surface area (Å²) >= 11 is 1.30. The SMILES string of the molecule is CCOc1ccc(-n2c(Cc3ccccc3)nnc2SCC(=O)NC(C)(C#N)C(C)C)cc1. The molecule has 0 aliphatic heterocycles. The average molecular weight is 464 g/mol. The summed E-state index contributed by atoms with van der Waals surface area (Å²) < 4.78 is 7.53. The molecule has 1 N–H and O–H groups in total. The Labute approximate surface area is 199 Å². The van der Waals surface area contributed by atoms with Crippen molar-refractivity contribution in [3.8, 4) is 17.5 Å². The van der Waals surface area contributed by atoms with E-state index in [0.29, 0.717) is 18.2 Å². The van der Waals surface area contributed by atoms with Crippen LogP contribution in [0.3, 0.4) is 0 Å². The molecule has 1 amide bonds. The molecule has 3 aromatic rings. The zero-order valence-electron chi connectivity index (χ0n) is 19.4. The Balaban J connectivity index is 1.85. The highest BCUT2D eigenvalue weighted by Crippen LogP contribution is 2.25. The van der Waals surface area contributed by atoms with Gasteiger partial charge in [0.2, 0.25) is 5.91 Å². The third-order valence-electron chi connectivity index (χ3n) is 5.43. The summed E-state index contributed by atoms with van der Waals surface area (Å²) in [7, 11) is 0. The lowest BCUT2D eigenvalue weighted by Gasteiger charge is -2.27. The summed E-state index contributed by atoms with van der Waals surface area (Å²) in [6.45, 7) is 8.10. The first kappa shape index (κ1) is 24.3. The molecule has 1 aromatic heterocycles. The third-order valence-corrected chi connectivity index (χ3v) is 6.36. The van der Waals surface area contributed by atoms with Gasteiger partial charge in [0.25, 0.3) is 0 Å². The minimum absolute atomic E-state index is 0.0126. The van der Waals surface area contributed by atoms with E-state index in [1.54, 1.807) is 6.92 Å². The molecule has 1 atom stereocenters. The van der Waals surface area contributed by atoms with Crippen LogP contribution in [-0.2, 0) is 11.2 Å². The van der Waals surface area contributed by atoms with Crippen LogP contribution in [0.15, 0.2) is 59.8 Å². The summed E-state index contributed by atoms with van der Waals surface area (Å²) in [4.78, 5) is 12.6. The zero-order chi connectivity index (χ0) is 23.8. The van der Waals surface area contributed by atoms with Crippen molar-refractivity contribution in [2.45, 2.75) is 44.8 Å². The molecule has 0 spiro atoms. The maximum absolute atomic E-state index is 12.6. The zero-order valence-corrected chi connectivity index (χ0v) is 20.2. The van der Waals surface area contributed by atoms with Crippen LogP contribution in [-0.4, -0.2) is 38.6 Å². The van der Waals surface area contributed by atoms with Gasteiger partial charge in [-0.05, 0) is 49.6 Å². The van der Waals surface area contributed by atoms with Gasteiger partial charge in [-0.1, -0.05) is 55.9 Å². The van der Waals surface area contributed by atoms with Gasteiger partial charge in [0.05, 0.1) is 18.4 Å². The Kier molecular flexibility index (Phi) is 8.12. The molecule has 1 unspecified atom stereocenters. The van der Waals surface area contributed by atoms with Gasteiger partial charge >= 0.3 is 0 Å². The first-order valence-electron chi connectivity index (χ1n) is 10.9. The van der Waals surface area contributed by atoms with Crippen LogP contribution in [0.5, 0.6) is 5.75 Å². The summed E-state index contributed by atoms with van der Waals surface area (Å²) in [5.41, 5.74) is 1.09. The second-order valence-electron chi connectivity index (χ2n) is 8.13. The fourth-order valence-corrected chi connectivity index (χ4v) is 3.93. The van der Waals surface area contributed by atoms with Gasteiger partial charge < -0.3 is 10.1 Å². The van der Waals surface area contributed by atoms with Crippen molar-refractivity contribution >= 4 is 17.7 Å². The summed E-state index contributed by atoms with van der Waals surface area (Å²) in [6, 6.07) is 20.0. The molecule has 172 valence electrons. The molecule has 0 fully saturated rings. The van der Waals surface area contributed by atoms with Crippen LogP contribution >= 0.6 is 11.8 Å². The summed E-state index contributed by atoms with van der Waals surface area (Å²) in [5.74, 6) is 1.46. The Morgan fingerprint density at radius 2 is 1.88 bits per heavy atom. The number of nitrogens with zero attached hydrogens (tertiary/aromatic N) is 4. The Morgan fingerprint density at radius 3 is 2.48 bits per heavy atom. The maximum Gasteiger partial charge on any atom is 0.231 e. The van der Waals surface area contributed by atoms with Gasteiger partial charge in [0.1, 0.15) is 17.1 Å². The number of aromatic nitrogens is 3. The number of carbonyl (C=O) groups is 1. The van der Waals surface area contributed by atoms with Crippen LogP contribution < -0.4 is 10.1 Å². The largest absolute Gasteiger partial charge is 0.494 e. The number of carbonyl (C=O) groups excluding carboxylic acids is 1. The normalized spacial score (nSPS) is 12.7. The van der Waals surface area contributed by atoms with E-state index in [1.807, 2.05) is 79.9 Å². The highest BCUT2D eigenvalue weighted by Gasteiger charge is 2.30. The Morgan fingerprint density at radius 1 is 1.18 bits per heavy atom. The fourth-order valence-electron chi connectivity index (χ4n) is 3.16. The molecule has 0 aliphatic carbocycles. The number of nitriles is 1. The van der Waals surface area contributed by atoms with Gasteiger partial charge in [-0.15, -0.1) is 10.2 Å². The number of benzene rings is 2. The molecule has 0 bridgehead atoms. The molecule has 3 rings (SSSR count). The third kappa shape index (κ3) is 6.14. The van der Waals surface area contributed by atoms with Crippen molar-refractivity contribution in [3.05, 3.63) is 66.0 Å². The van der Waals surface area contributed by atoms with Crippen LogP contribution in [0.4, 0.5) is 0 Å². The number of rotatable bonds is 10. The minimum atomic E-state index is -0.918. The van der Waals surface area contributed by atoms with Crippen molar-refractivity contribution in [2.75, 3.05) is 12.4 Å². The molecular formula is C25H29N5O2S. The lowest BCUT2D eigenvalue weighted by atomic mass is 9.90. The Bertz CT molecular complexity index is 1110. The monoisotopic (exact) mass is 463 g/mol. The highest BCUT2D eigenvalue weighted by atomic mass is 32.2. The number of nitrogens with one attached hydrogen (secondary N) is 1. The number of hydrogen-bond donors (Lipinski definition) is 1. The van der Waals surface area contributed by atoms with E-state index in [4.69, 9.17) is 4.74 Å². The molecule has 2 aromatic carbocycles. The highest BCUT2D eigenvalue weighted by molar-refractivity contribution is 7.99. The second-order valence-corrected chi connectivity index (χ2v) is 9.07. The topological polar surface area (TPSA) is 92.8 Å². The molecule has 0 saturated carbocycles. The van der Waals surface area contributed by atoms with Crippen LogP contribution in [0.25, 0.3) is 5.69 Å². The van der Waals surface area contributed by atoms with E-state index < -0.39 is 5.54 Å². The van der Waals surface area contributed by atoms with Crippen LogP contribution in [0.2, 0.25) is 0 Å². The first-order chi connectivity index (χ1) is 15.9. The molecule has 1 heterocycles. The van der Waals surface area contributed by atoms with E-state index in [1.165, 1.54) is 11.8 Å². The van der Waals surface area contributed by atoms with Gasteiger partial charge in [0.15, 0.2) is 5.16 Å². The van der Waals surface area contributed by atoms with Gasteiger partial charge in [-0.2, -0.15) is 5.26 Å². The number of ether oxygens (including phenoxy) is 1. The van der Waals surface area contributed by atoms with E-state index in [0.717, 1.165) is 22.8 Å². The lowest BCUT2D eigenvalue weighted by molar-refractivity contribution is -0.120. The predicted octanol–water partition coefficient (Wildman–Crippen LogP) is 4.40. The van der Waals surface area contributed by atoms with E-state index in [2.05, 4.69) is 21.6 Å². The van der Waals surface area contributed by atoms with Crippen molar-refractivity contribution in [1.29, 1.82) is 5.26 Å². The fraction of sp³-hybridized carbons (Fsp3) is 0.360. The summed E-state index contributed by atoms with van der Waals surface area (Å²) in [6.07, 6.45) is 0.605. The van der Waals surface area contributed by atoms with Gasteiger partial charge in [-0.25, -0.2) is 0 Å².